The summed E-state index contributed by atoms with van der Waals surface area (Å²) in [6, 6.07) is 11.6. The predicted molar refractivity (Wildman–Crippen MR) is 89.8 cm³/mol. The molecule has 0 saturated heterocycles. The molecular formula is C18H21N3O2. The molecule has 1 aliphatic carbocycles. The van der Waals surface area contributed by atoms with Crippen molar-refractivity contribution in [2.75, 3.05) is 5.73 Å². The van der Waals surface area contributed by atoms with Gasteiger partial charge in [-0.1, -0.05) is 30.3 Å². The van der Waals surface area contributed by atoms with Crippen molar-refractivity contribution in [3.8, 4) is 11.1 Å². The number of benzene rings is 1. The van der Waals surface area contributed by atoms with Crippen LogP contribution in [-0.4, -0.2) is 28.1 Å². The lowest BCUT2D eigenvalue weighted by Gasteiger charge is -2.26. The zero-order chi connectivity index (χ0) is 16.2. The van der Waals surface area contributed by atoms with Crippen LogP contribution in [0.3, 0.4) is 0 Å². The van der Waals surface area contributed by atoms with Crippen LogP contribution in [0, 0.1) is 0 Å². The Balaban J connectivity index is 1.77. The van der Waals surface area contributed by atoms with Crippen LogP contribution in [-0.2, 0) is 0 Å². The molecule has 3 rings (SSSR count). The highest BCUT2D eigenvalue weighted by molar-refractivity contribution is 5.99. The Bertz CT molecular complexity index is 680. The lowest BCUT2D eigenvalue weighted by Crippen LogP contribution is -2.38. The number of nitrogens with two attached hydrogens (primary N) is 1. The predicted octanol–water partition coefficient (Wildman–Crippen LogP) is 2.36. The van der Waals surface area contributed by atoms with Crippen molar-refractivity contribution in [3.63, 3.8) is 0 Å². The molecular weight excluding hydrogens is 290 g/mol. The van der Waals surface area contributed by atoms with Gasteiger partial charge in [0.05, 0.1) is 11.7 Å². The van der Waals surface area contributed by atoms with E-state index in [0.717, 1.165) is 36.8 Å². The molecule has 1 heterocycles. The number of nitrogens with zero attached hydrogens (tertiary/aromatic N) is 1. The first-order valence-corrected chi connectivity index (χ1v) is 7.93. The third kappa shape index (κ3) is 3.68. The number of aliphatic hydroxyl groups is 1. The van der Waals surface area contributed by atoms with Crippen molar-refractivity contribution in [2.24, 2.45) is 0 Å². The number of aromatic nitrogens is 1. The maximum atomic E-state index is 12.5. The molecule has 23 heavy (non-hydrogen) atoms. The molecule has 1 amide bonds. The summed E-state index contributed by atoms with van der Waals surface area (Å²) in [5.74, 6) is 0.0344. The maximum absolute atomic E-state index is 12.5. The smallest absolute Gasteiger partial charge is 0.255 e. The number of aliphatic hydroxyl groups excluding tert-OH is 1. The summed E-state index contributed by atoms with van der Waals surface area (Å²) in [6.45, 7) is 0. The van der Waals surface area contributed by atoms with Crippen molar-refractivity contribution < 1.29 is 9.90 Å². The SMILES string of the molecule is Nc1ncc(-c2ccccc2)cc1C(=O)N[C@H]1CC[C@@H](O)CC1. The molecule has 1 aromatic heterocycles. The number of pyridine rings is 1. The molecule has 0 spiro atoms. The van der Waals surface area contributed by atoms with Gasteiger partial charge in [-0.25, -0.2) is 4.98 Å². The monoisotopic (exact) mass is 311 g/mol. The fourth-order valence-corrected chi connectivity index (χ4v) is 2.93. The Kier molecular flexibility index (Phi) is 4.57. The van der Waals surface area contributed by atoms with Crippen molar-refractivity contribution in [3.05, 3.63) is 48.2 Å². The van der Waals surface area contributed by atoms with Crippen LogP contribution in [0.1, 0.15) is 36.0 Å². The average Bonchev–Trinajstić information content (AvgIpc) is 2.58. The topological polar surface area (TPSA) is 88.2 Å². The van der Waals surface area contributed by atoms with Gasteiger partial charge < -0.3 is 16.2 Å². The van der Waals surface area contributed by atoms with Crippen LogP contribution >= 0.6 is 0 Å². The lowest BCUT2D eigenvalue weighted by atomic mass is 9.93. The number of nitrogen functional groups attached to an aromatic ring is 1. The second-order valence-corrected chi connectivity index (χ2v) is 6.00. The molecule has 0 unspecified atom stereocenters. The molecule has 1 fully saturated rings. The van der Waals surface area contributed by atoms with E-state index in [1.165, 1.54) is 0 Å². The van der Waals surface area contributed by atoms with E-state index in [1.807, 2.05) is 30.3 Å². The van der Waals surface area contributed by atoms with E-state index >= 15 is 0 Å². The normalized spacial score (nSPS) is 20.9. The maximum Gasteiger partial charge on any atom is 0.255 e. The van der Waals surface area contributed by atoms with E-state index in [-0.39, 0.29) is 23.9 Å². The molecule has 120 valence electrons. The van der Waals surface area contributed by atoms with Crippen molar-refractivity contribution in [1.82, 2.24) is 10.3 Å². The minimum Gasteiger partial charge on any atom is -0.393 e. The van der Waals surface area contributed by atoms with E-state index in [0.29, 0.717) is 5.56 Å². The number of amides is 1. The third-order valence-electron chi connectivity index (χ3n) is 4.30. The molecule has 0 radical (unpaired) electrons. The fraction of sp³-hybridized carbons (Fsp3) is 0.333. The lowest BCUT2D eigenvalue weighted by molar-refractivity contribution is 0.0868. The van der Waals surface area contributed by atoms with Gasteiger partial charge in [-0.2, -0.15) is 0 Å². The standard InChI is InChI=1S/C18H21N3O2/c19-17-16(18(23)21-14-6-8-15(22)9-7-14)10-13(11-20-17)12-4-2-1-3-5-12/h1-5,10-11,14-15,22H,6-9H2,(H2,19,20)(H,21,23)/t14-,15+. The first kappa shape index (κ1) is 15.5. The molecule has 0 aliphatic heterocycles. The Hall–Kier alpha value is -2.40. The Labute approximate surface area is 135 Å². The van der Waals surface area contributed by atoms with E-state index in [1.54, 1.807) is 12.3 Å². The van der Waals surface area contributed by atoms with E-state index in [4.69, 9.17) is 5.73 Å². The number of hydrogen-bond acceptors (Lipinski definition) is 4. The van der Waals surface area contributed by atoms with Gasteiger partial charge in [0.25, 0.3) is 5.91 Å². The number of carbonyl (C=O) groups excluding carboxylic acids is 1. The van der Waals surface area contributed by atoms with Crippen molar-refractivity contribution >= 4 is 11.7 Å². The van der Waals surface area contributed by atoms with Crippen LogP contribution in [0.15, 0.2) is 42.6 Å². The molecule has 0 bridgehead atoms. The molecule has 5 nitrogen and oxygen atoms in total. The van der Waals surface area contributed by atoms with Gasteiger partial charge in [0, 0.05) is 17.8 Å². The van der Waals surface area contributed by atoms with Gasteiger partial charge in [-0.3, -0.25) is 4.79 Å². The van der Waals surface area contributed by atoms with Gasteiger partial charge in [-0.05, 0) is 37.3 Å². The summed E-state index contributed by atoms with van der Waals surface area (Å²) >= 11 is 0. The van der Waals surface area contributed by atoms with Gasteiger partial charge in [0.1, 0.15) is 5.82 Å². The van der Waals surface area contributed by atoms with Crippen LogP contribution in [0.5, 0.6) is 0 Å². The highest BCUT2D eigenvalue weighted by Crippen LogP contribution is 2.23. The highest BCUT2D eigenvalue weighted by atomic mass is 16.3. The third-order valence-corrected chi connectivity index (χ3v) is 4.30. The van der Waals surface area contributed by atoms with Crippen LogP contribution in [0.2, 0.25) is 0 Å². The average molecular weight is 311 g/mol. The van der Waals surface area contributed by atoms with E-state index in [2.05, 4.69) is 10.3 Å². The molecule has 5 heteroatoms. The van der Waals surface area contributed by atoms with Crippen LogP contribution in [0.25, 0.3) is 11.1 Å². The molecule has 1 aliphatic rings. The zero-order valence-corrected chi connectivity index (χ0v) is 12.9. The Morgan fingerprint density at radius 1 is 1.13 bits per heavy atom. The first-order valence-electron chi connectivity index (χ1n) is 7.93. The highest BCUT2D eigenvalue weighted by Gasteiger charge is 2.22. The van der Waals surface area contributed by atoms with Crippen molar-refractivity contribution in [1.29, 1.82) is 0 Å². The number of hydrogen-bond donors (Lipinski definition) is 3. The number of anilines is 1. The molecule has 0 atom stereocenters. The van der Waals surface area contributed by atoms with Crippen molar-refractivity contribution in [2.45, 2.75) is 37.8 Å². The second-order valence-electron chi connectivity index (χ2n) is 6.00. The molecule has 1 saturated carbocycles. The fourth-order valence-electron chi connectivity index (χ4n) is 2.93. The summed E-state index contributed by atoms with van der Waals surface area (Å²) in [5.41, 5.74) is 8.14. The summed E-state index contributed by atoms with van der Waals surface area (Å²) in [7, 11) is 0. The van der Waals surface area contributed by atoms with Crippen LogP contribution in [0.4, 0.5) is 5.82 Å². The zero-order valence-electron chi connectivity index (χ0n) is 12.9. The summed E-state index contributed by atoms with van der Waals surface area (Å²) < 4.78 is 0. The van der Waals surface area contributed by atoms with Gasteiger partial charge >= 0.3 is 0 Å². The number of carbonyl (C=O) groups is 1. The summed E-state index contributed by atoms with van der Waals surface area (Å²) in [5, 5.41) is 12.5. The Morgan fingerprint density at radius 2 is 1.83 bits per heavy atom. The Morgan fingerprint density at radius 3 is 2.52 bits per heavy atom. The largest absolute Gasteiger partial charge is 0.393 e. The van der Waals surface area contributed by atoms with Gasteiger partial charge in [0.2, 0.25) is 0 Å². The molecule has 4 N–H and O–H groups in total. The minimum absolute atomic E-state index is 0.0886. The minimum atomic E-state index is -0.240. The molecule has 1 aromatic carbocycles. The number of nitrogens with one attached hydrogen (secondary N) is 1. The number of rotatable bonds is 3. The summed E-state index contributed by atoms with van der Waals surface area (Å²) in [6.07, 6.45) is 4.47. The van der Waals surface area contributed by atoms with Crippen LogP contribution < -0.4 is 11.1 Å². The van der Waals surface area contributed by atoms with Gasteiger partial charge in [0.15, 0.2) is 0 Å². The van der Waals surface area contributed by atoms with E-state index in [9.17, 15) is 9.90 Å². The second kappa shape index (κ2) is 6.79. The summed E-state index contributed by atoms with van der Waals surface area (Å²) in [4.78, 5) is 16.7. The van der Waals surface area contributed by atoms with E-state index < -0.39 is 0 Å². The first-order chi connectivity index (χ1) is 11.1. The molecule has 2 aromatic rings. The van der Waals surface area contributed by atoms with Gasteiger partial charge in [-0.15, -0.1) is 0 Å². The quantitative estimate of drug-likeness (QED) is 0.812.